The molecule has 2 heteroatoms. The molecular weight excluding hydrogens is 167 g/mol. The van der Waals surface area contributed by atoms with Crippen LogP contribution in [0.25, 0.3) is 0 Å². The van der Waals surface area contributed by atoms with Crippen LogP contribution in [-0.4, -0.2) is 17.9 Å². The largest absolute Gasteiger partial charge is 0.395 e. The van der Waals surface area contributed by atoms with Crippen LogP contribution in [0, 0.1) is 5.41 Å². The Hall–Kier alpha value is -0.370. The second-order valence-electron chi connectivity index (χ2n) is 4.52. The van der Waals surface area contributed by atoms with Crippen LogP contribution in [0.4, 0.5) is 4.39 Å². The second-order valence-corrected chi connectivity index (χ2v) is 4.52. The molecule has 1 N–H and O–H groups in total. The maximum Gasteiger partial charge on any atom is 0.101 e. The number of allylic oxidation sites excluding steroid dienone is 1. The molecule has 13 heavy (non-hydrogen) atoms. The Bertz CT molecular complexity index is 224. The maximum absolute atomic E-state index is 13.4. The van der Waals surface area contributed by atoms with Gasteiger partial charge in [-0.05, 0) is 38.5 Å². The zero-order chi connectivity index (χ0) is 9.31. The fourth-order valence-corrected chi connectivity index (χ4v) is 2.68. The van der Waals surface area contributed by atoms with E-state index in [4.69, 9.17) is 0 Å². The van der Waals surface area contributed by atoms with Gasteiger partial charge in [-0.2, -0.15) is 0 Å². The molecule has 0 heterocycles. The number of rotatable bonds is 1. The third kappa shape index (κ3) is 1.78. The van der Waals surface area contributed by atoms with Gasteiger partial charge in [0.1, 0.15) is 6.17 Å². The molecule has 0 aromatic carbocycles. The number of halogens is 1. The predicted molar refractivity (Wildman–Crippen MR) is 50.2 cm³/mol. The van der Waals surface area contributed by atoms with Gasteiger partial charge in [0.15, 0.2) is 0 Å². The first kappa shape index (κ1) is 9.20. The van der Waals surface area contributed by atoms with E-state index in [0.29, 0.717) is 12.8 Å². The van der Waals surface area contributed by atoms with Crippen molar-refractivity contribution in [2.24, 2.45) is 5.41 Å². The molecule has 0 aromatic rings. The number of fused-ring (bicyclic) bond motifs is 1. The Balaban J connectivity index is 2.24. The quantitative estimate of drug-likeness (QED) is 0.621. The van der Waals surface area contributed by atoms with Gasteiger partial charge < -0.3 is 5.11 Å². The van der Waals surface area contributed by atoms with Crippen molar-refractivity contribution in [3.63, 3.8) is 0 Å². The molecular formula is C11H17FO. The van der Waals surface area contributed by atoms with Crippen LogP contribution >= 0.6 is 0 Å². The lowest BCUT2D eigenvalue weighted by atomic mass is 9.75. The molecule has 0 aliphatic heterocycles. The Kier molecular flexibility index (Phi) is 2.41. The fraction of sp³-hybridized carbons (Fsp3) is 0.818. The highest BCUT2D eigenvalue weighted by Gasteiger charge is 2.35. The molecule has 0 amide bonds. The zero-order valence-electron chi connectivity index (χ0n) is 7.93. The number of hydrogen-bond donors (Lipinski definition) is 1. The van der Waals surface area contributed by atoms with Gasteiger partial charge in [0, 0.05) is 5.41 Å². The first-order valence-electron chi connectivity index (χ1n) is 5.20. The normalized spacial score (nSPS) is 39.5. The van der Waals surface area contributed by atoms with Crippen LogP contribution in [0.1, 0.15) is 38.5 Å². The van der Waals surface area contributed by atoms with Gasteiger partial charge in [0.2, 0.25) is 0 Å². The third-order valence-corrected chi connectivity index (χ3v) is 3.40. The van der Waals surface area contributed by atoms with Gasteiger partial charge in [0.05, 0.1) is 6.61 Å². The molecule has 0 saturated heterocycles. The monoisotopic (exact) mass is 184 g/mol. The van der Waals surface area contributed by atoms with E-state index in [1.54, 1.807) is 0 Å². The minimum atomic E-state index is -0.709. The summed E-state index contributed by atoms with van der Waals surface area (Å²) < 4.78 is 13.4. The lowest BCUT2D eigenvalue weighted by Crippen LogP contribution is -2.27. The molecule has 0 fully saturated rings. The van der Waals surface area contributed by atoms with Gasteiger partial charge in [-0.1, -0.05) is 11.6 Å². The van der Waals surface area contributed by atoms with E-state index in [1.807, 2.05) is 0 Å². The van der Waals surface area contributed by atoms with Crippen molar-refractivity contribution in [3.8, 4) is 0 Å². The Morgan fingerprint density at radius 1 is 1.54 bits per heavy atom. The lowest BCUT2D eigenvalue weighted by Gasteiger charge is -2.32. The van der Waals surface area contributed by atoms with E-state index in [-0.39, 0.29) is 12.0 Å². The summed E-state index contributed by atoms with van der Waals surface area (Å²) in [4.78, 5) is 0. The molecule has 2 aliphatic carbocycles. The van der Waals surface area contributed by atoms with Crippen molar-refractivity contribution < 1.29 is 9.50 Å². The minimum absolute atomic E-state index is 0.122. The zero-order valence-corrected chi connectivity index (χ0v) is 7.93. The summed E-state index contributed by atoms with van der Waals surface area (Å²) in [6, 6.07) is 0. The molecule has 2 aliphatic rings. The highest BCUT2D eigenvalue weighted by Crippen LogP contribution is 2.43. The Morgan fingerprint density at radius 3 is 3.15 bits per heavy atom. The van der Waals surface area contributed by atoms with Crippen LogP contribution in [0.5, 0.6) is 0 Å². The number of aliphatic hydroxyl groups excluding tert-OH is 1. The molecule has 1 nitrogen and oxygen atoms in total. The second kappa shape index (κ2) is 3.41. The Morgan fingerprint density at radius 2 is 2.38 bits per heavy atom. The highest BCUT2D eigenvalue weighted by atomic mass is 19.1. The lowest BCUT2D eigenvalue weighted by molar-refractivity contribution is 0.113. The summed E-state index contributed by atoms with van der Waals surface area (Å²) in [7, 11) is 0. The molecule has 74 valence electrons. The summed E-state index contributed by atoms with van der Waals surface area (Å²) in [6.45, 7) is 0.122. The SMILES string of the molecule is OC[C@]12C=C(CCC1)CC[C@H](F)C2. The number of aliphatic hydroxyl groups is 1. The molecule has 2 rings (SSSR count). The molecule has 0 radical (unpaired) electrons. The van der Waals surface area contributed by atoms with Crippen LogP contribution in [0.2, 0.25) is 0 Å². The maximum atomic E-state index is 13.4. The average molecular weight is 184 g/mol. The van der Waals surface area contributed by atoms with Crippen molar-refractivity contribution >= 4 is 0 Å². The van der Waals surface area contributed by atoms with Crippen LogP contribution < -0.4 is 0 Å². The molecule has 2 atom stereocenters. The highest BCUT2D eigenvalue weighted by molar-refractivity contribution is 5.16. The van der Waals surface area contributed by atoms with Crippen LogP contribution in [0.3, 0.4) is 0 Å². The van der Waals surface area contributed by atoms with Gasteiger partial charge >= 0.3 is 0 Å². The minimum Gasteiger partial charge on any atom is -0.395 e. The van der Waals surface area contributed by atoms with E-state index in [9.17, 15) is 9.50 Å². The fourth-order valence-electron chi connectivity index (χ4n) is 2.68. The van der Waals surface area contributed by atoms with Crippen molar-refractivity contribution in [2.45, 2.75) is 44.7 Å². The van der Waals surface area contributed by atoms with Crippen molar-refractivity contribution in [3.05, 3.63) is 11.6 Å². The molecule has 2 bridgehead atoms. The Labute approximate surface area is 78.6 Å². The van der Waals surface area contributed by atoms with Gasteiger partial charge in [-0.15, -0.1) is 0 Å². The number of alkyl halides is 1. The summed E-state index contributed by atoms with van der Waals surface area (Å²) >= 11 is 0. The van der Waals surface area contributed by atoms with E-state index in [1.165, 1.54) is 5.57 Å². The van der Waals surface area contributed by atoms with E-state index in [2.05, 4.69) is 6.08 Å². The standard InChI is InChI=1S/C11H17FO/c12-10-4-3-9-2-1-5-11(6-9,7-10)8-13/h6,10,13H,1-5,7-8H2/t10-,11-/m0/s1. The van der Waals surface area contributed by atoms with Crippen molar-refractivity contribution in [2.75, 3.05) is 6.61 Å². The summed E-state index contributed by atoms with van der Waals surface area (Å²) in [5.41, 5.74) is 1.17. The molecule has 0 spiro atoms. The summed E-state index contributed by atoms with van der Waals surface area (Å²) in [5.74, 6) is 0. The molecule has 0 saturated carbocycles. The first-order chi connectivity index (χ1) is 6.24. The van der Waals surface area contributed by atoms with Crippen LogP contribution in [0.15, 0.2) is 11.6 Å². The molecule has 0 unspecified atom stereocenters. The van der Waals surface area contributed by atoms with Gasteiger partial charge in [-0.3, -0.25) is 0 Å². The van der Waals surface area contributed by atoms with Crippen molar-refractivity contribution in [1.29, 1.82) is 0 Å². The predicted octanol–water partition coefficient (Wildman–Crippen LogP) is 2.60. The van der Waals surface area contributed by atoms with E-state index >= 15 is 0 Å². The van der Waals surface area contributed by atoms with E-state index in [0.717, 1.165) is 25.7 Å². The average Bonchev–Trinajstić information content (AvgIpc) is 2.25. The van der Waals surface area contributed by atoms with Gasteiger partial charge in [0.25, 0.3) is 0 Å². The van der Waals surface area contributed by atoms with Gasteiger partial charge in [-0.25, -0.2) is 4.39 Å². The number of hydrogen-bond acceptors (Lipinski definition) is 1. The molecule has 0 aromatic heterocycles. The third-order valence-electron chi connectivity index (χ3n) is 3.40. The smallest absolute Gasteiger partial charge is 0.101 e. The van der Waals surface area contributed by atoms with Crippen LogP contribution in [-0.2, 0) is 0 Å². The first-order valence-corrected chi connectivity index (χ1v) is 5.20. The topological polar surface area (TPSA) is 20.2 Å². The van der Waals surface area contributed by atoms with Crippen molar-refractivity contribution in [1.82, 2.24) is 0 Å². The summed E-state index contributed by atoms with van der Waals surface area (Å²) in [6.07, 6.45) is 6.76. The van der Waals surface area contributed by atoms with E-state index < -0.39 is 6.17 Å². The summed E-state index contributed by atoms with van der Waals surface area (Å²) in [5, 5.41) is 9.32.